The Hall–Kier alpha value is -4.40. The first-order chi connectivity index (χ1) is 19.4. The SMILES string of the molecule is CC(=NC#N)N(C)Cc1ccc(Cl)nc1.CC1(C)C(C(=O)OC(C#N)c2cccc(Oc3ccccc3)c2)C1(C)C. The standard InChI is InChI=1S/C22H23NO3.C10H11ClN4/c1-21(2)19(22(21,3)4)20(24)26-18(14-23)15-9-8-12-17(13-15)25-16-10-6-5-7-11-16;1-8(14-7-12)15(2)6-9-3-4-10(11)13-5-9/h5-13,18-19H,1-4H3;3-5H,6H2,1-2H3. The van der Waals surface area contributed by atoms with Gasteiger partial charge in [-0.3, -0.25) is 4.79 Å². The van der Waals surface area contributed by atoms with Gasteiger partial charge in [0.05, 0.1) is 5.92 Å². The van der Waals surface area contributed by atoms with Crippen molar-refractivity contribution < 1.29 is 14.3 Å². The van der Waals surface area contributed by atoms with Gasteiger partial charge in [0, 0.05) is 25.4 Å². The molecular weight excluding hydrogens is 538 g/mol. The van der Waals surface area contributed by atoms with Crippen molar-refractivity contribution in [1.82, 2.24) is 9.88 Å². The number of carbonyl (C=O) groups excluding carboxylic acids is 1. The van der Waals surface area contributed by atoms with Crippen LogP contribution in [0.2, 0.25) is 5.15 Å². The van der Waals surface area contributed by atoms with Crippen LogP contribution in [-0.2, 0) is 16.1 Å². The van der Waals surface area contributed by atoms with Gasteiger partial charge < -0.3 is 14.4 Å². The number of nitrogens with zero attached hydrogens (tertiary/aromatic N) is 5. The summed E-state index contributed by atoms with van der Waals surface area (Å²) < 4.78 is 11.3. The number of carbonyl (C=O) groups is 1. The van der Waals surface area contributed by atoms with E-state index in [1.54, 1.807) is 49.6 Å². The minimum absolute atomic E-state index is 0.123. The van der Waals surface area contributed by atoms with Gasteiger partial charge >= 0.3 is 5.97 Å². The van der Waals surface area contributed by atoms with Crippen LogP contribution in [0, 0.1) is 39.5 Å². The van der Waals surface area contributed by atoms with Gasteiger partial charge in [-0.15, -0.1) is 0 Å². The van der Waals surface area contributed by atoms with Crippen LogP contribution in [0.4, 0.5) is 0 Å². The Bertz CT molecular complexity index is 1440. The summed E-state index contributed by atoms with van der Waals surface area (Å²) in [5, 5.41) is 18.4. The van der Waals surface area contributed by atoms with Crippen LogP contribution in [0.5, 0.6) is 11.5 Å². The Labute approximate surface area is 246 Å². The van der Waals surface area contributed by atoms with Crippen molar-refractivity contribution in [2.24, 2.45) is 21.7 Å². The summed E-state index contributed by atoms with van der Waals surface area (Å²) in [7, 11) is 1.87. The largest absolute Gasteiger partial charge is 0.457 e. The lowest BCUT2D eigenvalue weighted by Gasteiger charge is -2.17. The molecule has 1 heterocycles. The van der Waals surface area contributed by atoms with E-state index >= 15 is 0 Å². The third kappa shape index (κ3) is 7.84. The number of hydrogen-bond donors (Lipinski definition) is 0. The van der Waals surface area contributed by atoms with Crippen LogP contribution < -0.4 is 4.74 Å². The molecule has 1 saturated carbocycles. The zero-order chi connectivity index (χ0) is 30.2. The molecule has 1 aliphatic carbocycles. The molecule has 1 atom stereocenters. The molecule has 0 bridgehead atoms. The number of aliphatic imine (C=N–C) groups is 1. The van der Waals surface area contributed by atoms with Gasteiger partial charge in [-0.1, -0.05) is 75.7 Å². The number of benzene rings is 2. The molecule has 4 rings (SSSR count). The van der Waals surface area contributed by atoms with Crippen LogP contribution in [0.1, 0.15) is 51.8 Å². The number of halogens is 1. The minimum Gasteiger partial charge on any atom is -0.457 e. The number of nitriles is 2. The Morgan fingerprint density at radius 3 is 2.27 bits per heavy atom. The predicted molar refractivity (Wildman–Crippen MR) is 158 cm³/mol. The average Bonchev–Trinajstić information content (AvgIpc) is 3.37. The molecule has 2 aromatic carbocycles. The smallest absolute Gasteiger partial charge is 0.311 e. The molecular formula is C32H34ClN5O3. The van der Waals surface area contributed by atoms with Crippen molar-refractivity contribution in [3.05, 3.63) is 89.2 Å². The second kappa shape index (κ2) is 13.3. The van der Waals surface area contributed by atoms with Gasteiger partial charge in [-0.25, -0.2) is 4.98 Å². The van der Waals surface area contributed by atoms with Crippen molar-refractivity contribution in [1.29, 1.82) is 10.5 Å². The maximum absolute atomic E-state index is 12.6. The molecule has 1 aliphatic rings. The number of pyridine rings is 1. The number of ether oxygens (including phenoxy) is 2. The molecule has 0 radical (unpaired) electrons. The first-order valence-corrected chi connectivity index (χ1v) is 13.5. The van der Waals surface area contributed by atoms with Gasteiger partial charge in [-0.2, -0.15) is 15.5 Å². The van der Waals surface area contributed by atoms with E-state index in [1.165, 1.54) is 0 Å². The van der Waals surface area contributed by atoms with Gasteiger partial charge in [-0.05, 0) is 53.6 Å². The fourth-order valence-corrected chi connectivity index (χ4v) is 4.66. The maximum atomic E-state index is 12.6. The molecule has 0 aliphatic heterocycles. The van der Waals surface area contributed by atoms with E-state index in [-0.39, 0.29) is 22.7 Å². The summed E-state index contributed by atoms with van der Waals surface area (Å²) >= 11 is 5.67. The van der Waals surface area contributed by atoms with Crippen molar-refractivity contribution in [2.75, 3.05) is 7.05 Å². The summed E-state index contributed by atoms with van der Waals surface area (Å²) in [5.74, 6) is 1.46. The van der Waals surface area contributed by atoms with E-state index in [9.17, 15) is 10.1 Å². The van der Waals surface area contributed by atoms with E-state index in [4.69, 9.17) is 26.3 Å². The van der Waals surface area contributed by atoms with E-state index in [0.717, 1.165) is 5.56 Å². The van der Waals surface area contributed by atoms with Crippen molar-refractivity contribution in [2.45, 2.75) is 47.3 Å². The maximum Gasteiger partial charge on any atom is 0.311 e. The molecule has 41 heavy (non-hydrogen) atoms. The first kappa shape index (κ1) is 31.1. The zero-order valence-corrected chi connectivity index (χ0v) is 24.9. The highest BCUT2D eigenvalue weighted by Crippen LogP contribution is 2.68. The molecule has 9 heteroatoms. The molecule has 1 fully saturated rings. The monoisotopic (exact) mass is 571 g/mol. The van der Waals surface area contributed by atoms with Crippen LogP contribution in [0.25, 0.3) is 0 Å². The molecule has 0 N–H and O–H groups in total. The lowest BCUT2D eigenvalue weighted by Crippen LogP contribution is -2.23. The summed E-state index contributed by atoms with van der Waals surface area (Å²) in [6.07, 6.45) is 2.51. The number of para-hydroxylation sites is 1. The van der Waals surface area contributed by atoms with Crippen LogP contribution in [-0.4, -0.2) is 28.7 Å². The number of esters is 1. The zero-order valence-electron chi connectivity index (χ0n) is 24.1. The predicted octanol–water partition coefficient (Wildman–Crippen LogP) is 7.34. The number of aromatic nitrogens is 1. The molecule has 0 spiro atoms. The lowest BCUT2D eigenvalue weighted by atomic mass is 10.0. The minimum atomic E-state index is -0.950. The summed E-state index contributed by atoms with van der Waals surface area (Å²) in [5.41, 5.74) is 1.38. The normalized spacial score (nSPS) is 15.7. The molecule has 1 unspecified atom stereocenters. The fraction of sp³-hybridized carbons (Fsp3) is 0.344. The van der Waals surface area contributed by atoms with Gasteiger partial charge in [0.1, 0.15) is 28.6 Å². The Kier molecular flexibility index (Phi) is 10.1. The molecule has 0 saturated heterocycles. The third-order valence-electron chi connectivity index (χ3n) is 7.72. The quantitative estimate of drug-likeness (QED) is 0.0958. The molecule has 0 amide bonds. The number of hydrogen-bond acceptors (Lipinski definition) is 7. The molecule has 8 nitrogen and oxygen atoms in total. The third-order valence-corrected chi connectivity index (χ3v) is 7.94. The van der Waals surface area contributed by atoms with Crippen LogP contribution >= 0.6 is 11.6 Å². The van der Waals surface area contributed by atoms with Gasteiger partial charge in [0.15, 0.2) is 0 Å². The highest BCUT2D eigenvalue weighted by atomic mass is 35.5. The van der Waals surface area contributed by atoms with E-state index in [2.05, 4.69) is 43.7 Å². The highest BCUT2D eigenvalue weighted by molar-refractivity contribution is 6.29. The average molecular weight is 572 g/mol. The van der Waals surface area contributed by atoms with E-state index < -0.39 is 6.10 Å². The van der Waals surface area contributed by atoms with Crippen LogP contribution in [0.15, 0.2) is 77.9 Å². The number of amidine groups is 1. The highest BCUT2D eigenvalue weighted by Gasteiger charge is 2.69. The second-order valence-electron chi connectivity index (χ2n) is 10.9. The fourth-order valence-electron chi connectivity index (χ4n) is 4.55. The lowest BCUT2D eigenvalue weighted by molar-refractivity contribution is -0.150. The van der Waals surface area contributed by atoms with E-state index in [0.29, 0.717) is 34.6 Å². The second-order valence-corrected chi connectivity index (χ2v) is 11.3. The Morgan fingerprint density at radius 1 is 1.05 bits per heavy atom. The Balaban J connectivity index is 0.000000263. The van der Waals surface area contributed by atoms with Gasteiger partial charge in [0.2, 0.25) is 12.3 Å². The summed E-state index contributed by atoms with van der Waals surface area (Å²) in [6.45, 7) is 10.6. The topological polar surface area (TPSA) is 112 Å². The van der Waals surface area contributed by atoms with Crippen molar-refractivity contribution >= 4 is 23.4 Å². The van der Waals surface area contributed by atoms with Gasteiger partial charge in [0.25, 0.3) is 0 Å². The summed E-state index contributed by atoms with van der Waals surface area (Å²) in [4.78, 5) is 22.0. The van der Waals surface area contributed by atoms with Crippen LogP contribution in [0.3, 0.4) is 0 Å². The van der Waals surface area contributed by atoms with Crippen molar-refractivity contribution in [3.8, 4) is 23.8 Å². The Morgan fingerprint density at radius 2 is 1.71 bits per heavy atom. The van der Waals surface area contributed by atoms with E-state index in [1.807, 2.05) is 48.3 Å². The molecule has 212 valence electrons. The molecule has 3 aromatic rings. The number of rotatable bonds is 7. The first-order valence-electron chi connectivity index (χ1n) is 13.1. The summed E-state index contributed by atoms with van der Waals surface area (Å²) in [6, 6.07) is 22.2. The van der Waals surface area contributed by atoms with Crippen molar-refractivity contribution in [3.63, 3.8) is 0 Å². The molecule has 1 aromatic heterocycles.